The summed E-state index contributed by atoms with van der Waals surface area (Å²) < 4.78 is 5.40. The Labute approximate surface area is 111 Å². The molecule has 2 unspecified atom stereocenters. The highest BCUT2D eigenvalue weighted by Gasteiger charge is 2.23. The quantitative estimate of drug-likeness (QED) is 0.869. The van der Waals surface area contributed by atoms with E-state index < -0.39 is 6.10 Å². The molecule has 2 atom stereocenters. The number of aryl methyl sites for hydroxylation is 3. The number of hydrogen-bond acceptors (Lipinski definition) is 2. The minimum atomic E-state index is -0.449. The highest BCUT2D eigenvalue weighted by atomic mass is 16.5. The molecule has 1 aromatic rings. The SMILES string of the molecule is COC(C(C)C)C(O)Cc1c(C)cc(C)cc1C. The highest BCUT2D eigenvalue weighted by molar-refractivity contribution is 5.37. The third-order valence-electron chi connectivity index (χ3n) is 3.56. The van der Waals surface area contributed by atoms with Crippen LogP contribution in [0, 0.1) is 26.7 Å². The molecule has 102 valence electrons. The van der Waals surface area contributed by atoms with Crippen molar-refractivity contribution in [1.29, 1.82) is 0 Å². The van der Waals surface area contributed by atoms with Gasteiger partial charge in [-0.3, -0.25) is 0 Å². The zero-order valence-electron chi connectivity index (χ0n) is 12.4. The van der Waals surface area contributed by atoms with E-state index in [9.17, 15) is 5.11 Å². The van der Waals surface area contributed by atoms with Crippen LogP contribution in [-0.2, 0) is 11.2 Å². The van der Waals surface area contributed by atoms with Gasteiger partial charge >= 0.3 is 0 Å². The standard InChI is InChI=1S/C16H26O2/c1-10(2)16(18-6)15(17)9-14-12(4)7-11(3)8-13(14)5/h7-8,10,15-17H,9H2,1-6H3. The van der Waals surface area contributed by atoms with Gasteiger partial charge in [0, 0.05) is 13.5 Å². The number of methoxy groups -OCH3 is 1. The van der Waals surface area contributed by atoms with Crippen LogP contribution in [0.15, 0.2) is 12.1 Å². The molecule has 0 amide bonds. The van der Waals surface area contributed by atoms with Crippen molar-refractivity contribution in [3.63, 3.8) is 0 Å². The van der Waals surface area contributed by atoms with E-state index in [2.05, 4.69) is 46.8 Å². The van der Waals surface area contributed by atoms with Crippen molar-refractivity contribution in [3.05, 3.63) is 34.4 Å². The van der Waals surface area contributed by atoms with Gasteiger partial charge in [0.1, 0.15) is 0 Å². The average Bonchev–Trinajstić information content (AvgIpc) is 2.23. The number of benzene rings is 1. The molecule has 0 spiro atoms. The van der Waals surface area contributed by atoms with Crippen LogP contribution in [0.5, 0.6) is 0 Å². The van der Waals surface area contributed by atoms with E-state index in [0.717, 1.165) is 0 Å². The third-order valence-corrected chi connectivity index (χ3v) is 3.56. The Kier molecular flexibility index (Phi) is 5.36. The summed E-state index contributed by atoms with van der Waals surface area (Å²) in [5.74, 6) is 0.316. The number of hydrogen-bond donors (Lipinski definition) is 1. The van der Waals surface area contributed by atoms with E-state index in [1.165, 1.54) is 22.3 Å². The molecule has 0 aromatic heterocycles. The molecule has 1 rings (SSSR count). The van der Waals surface area contributed by atoms with E-state index in [1.807, 2.05) is 0 Å². The molecule has 1 aromatic carbocycles. The predicted molar refractivity (Wildman–Crippen MR) is 76.0 cm³/mol. The maximum absolute atomic E-state index is 10.3. The fourth-order valence-electron chi connectivity index (χ4n) is 2.73. The van der Waals surface area contributed by atoms with Gasteiger partial charge in [-0.2, -0.15) is 0 Å². The summed E-state index contributed by atoms with van der Waals surface area (Å²) >= 11 is 0. The van der Waals surface area contributed by atoms with E-state index in [4.69, 9.17) is 4.74 Å². The van der Waals surface area contributed by atoms with Gasteiger partial charge in [0.15, 0.2) is 0 Å². The maximum Gasteiger partial charge on any atom is 0.0856 e. The number of rotatable bonds is 5. The molecule has 0 fully saturated rings. The van der Waals surface area contributed by atoms with Crippen molar-refractivity contribution in [1.82, 2.24) is 0 Å². The van der Waals surface area contributed by atoms with E-state index in [0.29, 0.717) is 12.3 Å². The summed E-state index contributed by atoms with van der Waals surface area (Å²) in [6.07, 6.45) is 0.106. The molecule has 0 heterocycles. The molecular weight excluding hydrogens is 224 g/mol. The van der Waals surface area contributed by atoms with Crippen LogP contribution in [0.4, 0.5) is 0 Å². The van der Waals surface area contributed by atoms with Crippen molar-refractivity contribution in [2.75, 3.05) is 7.11 Å². The molecule has 0 bridgehead atoms. The normalized spacial score (nSPS) is 14.9. The summed E-state index contributed by atoms with van der Waals surface area (Å²) in [7, 11) is 1.67. The van der Waals surface area contributed by atoms with Crippen LogP contribution in [0.25, 0.3) is 0 Å². The largest absolute Gasteiger partial charge is 0.390 e. The molecule has 1 N–H and O–H groups in total. The van der Waals surface area contributed by atoms with Gasteiger partial charge in [-0.1, -0.05) is 31.5 Å². The third kappa shape index (κ3) is 3.56. The summed E-state index contributed by atoms with van der Waals surface area (Å²) in [5, 5.41) is 10.3. The minimum Gasteiger partial charge on any atom is -0.390 e. The molecular formula is C16H26O2. The van der Waals surface area contributed by atoms with Crippen LogP contribution in [0.3, 0.4) is 0 Å². The minimum absolute atomic E-state index is 0.106. The molecule has 0 radical (unpaired) electrons. The second kappa shape index (κ2) is 6.35. The lowest BCUT2D eigenvalue weighted by molar-refractivity contribution is -0.0369. The average molecular weight is 250 g/mol. The highest BCUT2D eigenvalue weighted by Crippen LogP contribution is 2.21. The maximum atomic E-state index is 10.3. The van der Waals surface area contributed by atoms with E-state index in [-0.39, 0.29) is 6.10 Å². The molecule has 0 saturated heterocycles. The van der Waals surface area contributed by atoms with Crippen LogP contribution in [0.1, 0.15) is 36.1 Å². The Morgan fingerprint density at radius 2 is 1.61 bits per heavy atom. The molecule has 2 heteroatoms. The van der Waals surface area contributed by atoms with Crippen molar-refractivity contribution in [3.8, 4) is 0 Å². The number of aliphatic hydroxyl groups excluding tert-OH is 1. The second-order valence-corrected chi connectivity index (χ2v) is 5.59. The molecule has 0 aliphatic carbocycles. The van der Waals surface area contributed by atoms with Crippen molar-refractivity contribution in [2.24, 2.45) is 5.92 Å². The fourth-order valence-corrected chi connectivity index (χ4v) is 2.73. The summed E-state index contributed by atoms with van der Waals surface area (Å²) in [5.41, 5.74) is 5.03. The Balaban J connectivity index is 2.91. The first kappa shape index (κ1) is 15.2. The number of aliphatic hydroxyl groups is 1. The monoisotopic (exact) mass is 250 g/mol. The summed E-state index contributed by atoms with van der Waals surface area (Å²) in [4.78, 5) is 0. The molecule has 0 saturated carbocycles. The lowest BCUT2D eigenvalue weighted by atomic mass is 9.91. The first-order valence-electron chi connectivity index (χ1n) is 6.64. The van der Waals surface area contributed by atoms with Gasteiger partial charge in [-0.15, -0.1) is 0 Å². The van der Waals surface area contributed by atoms with Crippen molar-refractivity contribution in [2.45, 2.75) is 53.2 Å². The lowest BCUT2D eigenvalue weighted by Gasteiger charge is -2.26. The lowest BCUT2D eigenvalue weighted by Crippen LogP contribution is -2.34. The molecule has 18 heavy (non-hydrogen) atoms. The summed E-state index contributed by atoms with van der Waals surface area (Å²) in [6.45, 7) is 10.5. The van der Waals surface area contributed by atoms with Gasteiger partial charge < -0.3 is 9.84 Å². The number of ether oxygens (including phenoxy) is 1. The smallest absolute Gasteiger partial charge is 0.0856 e. The Morgan fingerprint density at radius 3 is 2.00 bits per heavy atom. The molecule has 2 nitrogen and oxygen atoms in total. The Hall–Kier alpha value is -0.860. The van der Waals surface area contributed by atoms with Crippen LogP contribution >= 0.6 is 0 Å². The van der Waals surface area contributed by atoms with Gasteiger partial charge in [-0.05, 0) is 43.4 Å². The van der Waals surface area contributed by atoms with Gasteiger partial charge in [0.05, 0.1) is 12.2 Å². The van der Waals surface area contributed by atoms with Crippen LogP contribution in [-0.4, -0.2) is 24.4 Å². The second-order valence-electron chi connectivity index (χ2n) is 5.59. The van der Waals surface area contributed by atoms with Gasteiger partial charge in [0.2, 0.25) is 0 Å². The molecule has 0 aliphatic rings. The van der Waals surface area contributed by atoms with Gasteiger partial charge in [0.25, 0.3) is 0 Å². The first-order valence-corrected chi connectivity index (χ1v) is 6.64. The van der Waals surface area contributed by atoms with E-state index in [1.54, 1.807) is 7.11 Å². The Bertz CT molecular complexity index is 373. The summed E-state index contributed by atoms with van der Waals surface area (Å²) in [6, 6.07) is 4.35. The Morgan fingerprint density at radius 1 is 1.11 bits per heavy atom. The fraction of sp³-hybridized carbons (Fsp3) is 0.625. The molecule has 0 aliphatic heterocycles. The van der Waals surface area contributed by atoms with E-state index >= 15 is 0 Å². The van der Waals surface area contributed by atoms with Crippen LogP contribution in [0.2, 0.25) is 0 Å². The van der Waals surface area contributed by atoms with Crippen LogP contribution < -0.4 is 0 Å². The van der Waals surface area contributed by atoms with Crippen molar-refractivity contribution >= 4 is 0 Å². The zero-order valence-corrected chi connectivity index (χ0v) is 12.4. The zero-order chi connectivity index (χ0) is 13.9. The predicted octanol–water partition coefficient (Wildman–Crippen LogP) is 3.19. The van der Waals surface area contributed by atoms with Gasteiger partial charge in [-0.25, -0.2) is 0 Å². The first-order chi connectivity index (χ1) is 8.36. The topological polar surface area (TPSA) is 29.5 Å². The van der Waals surface area contributed by atoms with Crippen molar-refractivity contribution < 1.29 is 9.84 Å².